The van der Waals surface area contributed by atoms with E-state index in [9.17, 15) is 9.59 Å². The van der Waals surface area contributed by atoms with Crippen molar-refractivity contribution in [2.45, 2.75) is 59.5 Å². The molecule has 1 unspecified atom stereocenters. The molecular formula is C19H29N5O3. The molecule has 1 amide bonds. The Morgan fingerprint density at radius 1 is 1.37 bits per heavy atom. The summed E-state index contributed by atoms with van der Waals surface area (Å²) in [4.78, 5) is 26.4. The lowest BCUT2D eigenvalue weighted by molar-refractivity contribution is -0.151. The number of carbonyl (C=O) groups is 2. The minimum absolute atomic E-state index is 0.0570. The van der Waals surface area contributed by atoms with Crippen molar-refractivity contribution in [3.05, 3.63) is 11.9 Å². The number of likely N-dealkylation sites (tertiary alicyclic amines) is 1. The number of hydrogen-bond acceptors (Lipinski definition) is 5. The highest BCUT2D eigenvalue weighted by molar-refractivity contribution is 5.80. The standard InChI is InChI=1S/C19H29N5O3/c1-5-27-19(26)15-7-6-9-22(12-15)17(25)8-10-23-18-14(4)21-24(13(2)3)16(18)11-20-23/h11,13,15H,5-10,12H2,1-4H3. The lowest BCUT2D eigenvalue weighted by atomic mass is 9.98. The maximum absolute atomic E-state index is 12.7. The molecule has 2 aromatic rings. The Kier molecular flexibility index (Phi) is 5.82. The molecule has 0 aromatic carbocycles. The minimum atomic E-state index is -0.203. The molecule has 1 saturated heterocycles. The van der Waals surface area contributed by atoms with Gasteiger partial charge in [-0.1, -0.05) is 0 Å². The van der Waals surface area contributed by atoms with Gasteiger partial charge in [-0.05, 0) is 40.5 Å². The zero-order valence-electron chi connectivity index (χ0n) is 16.6. The molecule has 8 heteroatoms. The maximum Gasteiger partial charge on any atom is 0.310 e. The Balaban J connectivity index is 1.64. The monoisotopic (exact) mass is 375 g/mol. The van der Waals surface area contributed by atoms with Gasteiger partial charge in [-0.25, -0.2) is 0 Å². The van der Waals surface area contributed by atoms with Gasteiger partial charge in [-0.15, -0.1) is 0 Å². The summed E-state index contributed by atoms with van der Waals surface area (Å²) < 4.78 is 8.94. The van der Waals surface area contributed by atoms with E-state index in [4.69, 9.17) is 4.74 Å². The molecule has 1 fully saturated rings. The van der Waals surface area contributed by atoms with Crippen molar-refractivity contribution in [2.75, 3.05) is 19.7 Å². The van der Waals surface area contributed by atoms with Crippen LogP contribution in [-0.4, -0.2) is 56.0 Å². The van der Waals surface area contributed by atoms with Gasteiger partial charge < -0.3 is 9.64 Å². The average Bonchev–Trinajstić information content (AvgIpc) is 3.21. The SMILES string of the molecule is CCOC(=O)C1CCCN(C(=O)CCn2ncc3c2c(C)nn3C(C)C)C1. The largest absolute Gasteiger partial charge is 0.466 e. The van der Waals surface area contributed by atoms with Crippen molar-refractivity contribution in [1.29, 1.82) is 0 Å². The van der Waals surface area contributed by atoms with Crippen LogP contribution in [-0.2, 0) is 20.9 Å². The molecule has 0 radical (unpaired) electrons. The fourth-order valence-electron chi connectivity index (χ4n) is 3.76. The fraction of sp³-hybridized carbons (Fsp3) is 0.684. The summed E-state index contributed by atoms with van der Waals surface area (Å²) in [5, 5.41) is 9.04. The topological polar surface area (TPSA) is 82.2 Å². The minimum Gasteiger partial charge on any atom is -0.466 e. The third kappa shape index (κ3) is 3.99. The molecule has 0 aliphatic carbocycles. The van der Waals surface area contributed by atoms with E-state index in [1.165, 1.54) is 0 Å². The number of esters is 1. The van der Waals surface area contributed by atoms with Gasteiger partial charge in [0.25, 0.3) is 0 Å². The van der Waals surface area contributed by atoms with Crippen molar-refractivity contribution in [1.82, 2.24) is 24.5 Å². The Bertz CT molecular complexity index is 823. The normalized spacial score (nSPS) is 17.7. The fourth-order valence-corrected chi connectivity index (χ4v) is 3.76. The van der Waals surface area contributed by atoms with Crippen LogP contribution in [0.15, 0.2) is 6.20 Å². The first kappa shape index (κ1) is 19.4. The quantitative estimate of drug-likeness (QED) is 0.724. The molecule has 3 rings (SSSR count). The van der Waals surface area contributed by atoms with Gasteiger partial charge in [-0.2, -0.15) is 10.2 Å². The van der Waals surface area contributed by atoms with Crippen LogP contribution in [0.1, 0.15) is 51.8 Å². The van der Waals surface area contributed by atoms with Crippen LogP contribution in [0.5, 0.6) is 0 Å². The molecule has 27 heavy (non-hydrogen) atoms. The summed E-state index contributed by atoms with van der Waals surface area (Å²) in [6.07, 6.45) is 3.80. The molecule has 0 saturated carbocycles. The first-order valence-corrected chi connectivity index (χ1v) is 9.77. The predicted molar refractivity (Wildman–Crippen MR) is 101 cm³/mol. The second-order valence-electron chi connectivity index (χ2n) is 7.41. The summed E-state index contributed by atoms with van der Waals surface area (Å²) in [6, 6.07) is 0.258. The van der Waals surface area contributed by atoms with E-state index in [2.05, 4.69) is 24.0 Å². The lowest BCUT2D eigenvalue weighted by Crippen LogP contribution is -2.43. The molecule has 0 spiro atoms. The van der Waals surface area contributed by atoms with Crippen molar-refractivity contribution in [3.63, 3.8) is 0 Å². The van der Waals surface area contributed by atoms with Gasteiger partial charge in [0.1, 0.15) is 11.0 Å². The van der Waals surface area contributed by atoms with E-state index in [-0.39, 0.29) is 23.8 Å². The van der Waals surface area contributed by atoms with Crippen LogP contribution in [0.2, 0.25) is 0 Å². The molecule has 1 aliphatic rings. The zero-order valence-corrected chi connectivity index (χ0v) is 16.6. The lowest BCUT2D eigenvalue weighted by Gasteiger charge is -2.31. The van der Waals surface area contributed by atoms with Crippen LogP contribution in [0, 0.1) is 12.8 Å². The Hall–Kier alpha value is -2.38. The van der Waals surface area contributed by atoms with Crippen molar-refractivity contribution < 1.29 is 14.3 Å². The van der Waals surface area contributed by atoms with E-state index in [1.54, 1.807) is 11.8 Å². The molecule has 8 nitrogen and oxygen atoms in total. The number of hydrogen-bond donors (Lipinski definition) is 0. The first-order chi connectivity index (χ1) is 12.9. The number of carbonyl (C=O) groups excluding carboxylic acids is 2. The van der Waals surface area contributed by atoms with Gasteiger partial charge in [0.2, 0.25) is 5.91 Å². The summed E-state index contributed by atoms with van der Waals surface area (Å²) in [5.41, 5.74) is 2.90. The number of fused-ring (bicyclic) bond motifs is 1. The molecule has 1 atom stereocenters. The number of rotatable bonds is 6. The number of piperidine rings is 1. The van der Waals surface area contributed by atoms with E-state index < -0.39 is 0 Å². The maximum atomic E-state index is 12.7. The molecule has 1 aliphatic heterocycles. The number of ether oxygens (including phenoxy) is 1. The summed E-state index contributed by atoms with van der Waals surface area (Å²) in [5.74, 6) is -0.340. The number of aryl methyl sites for hydroxylation is 2. The van der Waals surface area contributed by atoms with E-state index >= 15 is 0 Å². The highest BCUT2D eigenvalue weighted by Crippen LogP contribution is 2.22. The Morgan fingerprint density at radius 2 is 2.15 bits per heavy atom. The zero-order chi connectivity index (χ0) is 19.6. The predicted octanol–water partition coefficient (Wildman–Crippen LogP) is 2.31. The van der Waals surface area contributed by atoms with Crippen LogP contribution in [0.4, 0.5) is 0 Å². The van der Waals surface area contributed by atoms with Crippen LogP contribution >= 0.6 is 0 Å². The highest BCUT2D eigenvalue weighted by atomic mass is 16.5. The number of aromatic nitrogens is 4. The van der Waals surface area contributed by atoms with Gasteiger partial charge in [0, 0.05) is 25.6 Å². The van der Waals surface area contributed by atoms with Crippen LogP contribution < -0.4 is 0 Å². The third-order valence-corrected chi connectivity index (χ3v) is 5.09. The average molecular weight is 375 g/mol. The number of nitrogens with zero attached hydrogens (tertiary/aromatic N) is 5. The molecule has 148 valence electrons. The third-order valence-electron chi connectivity index (χ3n) is 5.09. The van der Waals surface area contributed by atoms with Gasteiger partial charge in [-0.3, -0.25) is 19.0 Å². The first-order valence-electron chi connectivity index (χ1n) is 9.77. The molecule has 0 bridgehead atoms. The molecular weight excluding hydrogens is 346 g/mol. The van der Waals surface area contributed by atoms with Gasteiger partial charge in [0.05, 0.1) is 31.0 Å². The Morgan fingerprint density at radius 3 is 2.85 bits per heavy atom. The number of amides is 1. The highest BCUT2D eigenvalue weighted by Gasteiger charge is 2.29. The van der Waals surface area contributed by atoms with Crippen molar-refractivity contribution >= 4 is 22.9 Å². The molecule has 3 heterocycles. The van der Waals surface area contributed by atoms with Gasteiger partial charge >= 0.3 is 5.97 Å². The second kappa shape index (κ2) is 8.10. The smallest absolute Gasteiger partial charge is 0.310 e. The van der Waals surface area contributed by atoms with Gasteiger partial charge in [0.15, 0.2) is 0 Å². The second-order valence-corrected chi connectivity index (χ2v) is 7.41. The van der Waals surface area contributed by atoms with Crippen LogP contribution in [0.25, 0.3) is 11.0 Å². The van der Waals surface area contributed by atoms with Crippen LogP contribution in [0.3, 0.4) is 0 Å². The summed E-state index contributed by atoms with van der Waals surface area (Å²) in [7, 11) is 0. The summed E-state index contributed by atoms with van der Waals surface area (Å²) >= 11 is 0. The Labute approximate surface area is 159 Å². The molecule has 2 aromatic heterocycles. The summed E-state index contributed by atoms with van der Waals surface area (Å²) in [6.45, 7) is 9.99. The van der Waals surface area contributed by atoms with E-state index in [1.807, 2.05) is 22.5 Å². The van der Waals surface area contributed by atoms with Crippen molar-refractivity contribution in [2.24, 2.45) is 5.92 Å². The van der Waals surface area contributed by atoms with E-state index in [0.29, 0.717) is 32.7 Å². The molecule has 0 N–H and O–H groups in total. The van der Waals surface area contributed by atoms with Crippen molar-refractivity contribution in [3.8, 4) is 0 Å². The van der Waals surface area contributed by atoms with E-state index in [0.717, 1.165) is 29.6 Å².